The molecule has 0 saturated heterocycles. The topological polar surface area (TPSA) is 50.8 Å². The van der Waals surface area contributed by atoms with E-state index in [1.807, 2.05) is 6.92 Å². The van der Waals surface area contributed by atoms with Crippen LogP contribution >= 0.6 is 11.8 Å². The Morgan fingerprint density at radius 1 is 1.41 bits per heavy atom. The highest BCUT2D eigenvalue weighted by molar-refractivity contribution is 7.99. The number of nitrogens with zero attached hydrogens (tertiary/aromatic N) is 2. The zero-order valence-electron chi connectivity index (χ0n) is 9.31. The molecule has 0 aliphatic carbocycles. The number of aromatic amines is 1. The van der Waals surface area contributed by atoms with Gasteiger partial charge in [0, 0.05) is 0 Å². The van der Waals surface area contributed by atoms with Crippen molar-refractivity contribution in [2.45, 2.75) is 18.7 Å². The number of hydrogen-bond donors (Lipinski definition) is 1. The average Bonchev–Trinajstić information content (AvgIpc) is 2.76. The van der Waals surface area contributed by atoms with Gasteiger partial charge < -0.3 is 4.74 Å². The highest BCUT2D eigenvalue weighted by Crippen LogP contribution is 2.17. The number of rotatable bonds is 5. The van der Waals surface area contributed by atoms with Crippen LogP contribution in [0.4, 0.5) is 4.39 Å². The summed E-state index contributed by atoms with van der Waals surface area (Å²) < 4.78 is 18.5. The van der Waals surface area contributed by atoms with E-state index in [0.29, 0.717) is 11.0 Å². The number of nitrogens with one attached hydrogen (secondary N) is 1. The third-order valence-corrected chi connectivity index (χ3v) is 2.72. The summed E-state index contributed by atoms with van der Waals surface area (Å²) in [6.45, 7) is 2.20. The minimum absolute atomic E-state index is 0.179. The Labute approximate surface area is 103 Å². The molecule has 6 heteroatoms. The van der Waals surface area contributed by atoms with Crippen molar-refractivity contribution in [3.05, 3.63) is 35.9 Å². The van der Waals surface area contributed by atoms with E-state index in [9.17, 15) is 4.39 Å². The van der Waals surface area contributed by atoms with Gasteiger partial charge in [-0.2, -0.15) is 0 Å². The van der Waals surface area contributed by atoms with Gasteiger partial charge in [0.05, 0.1) is 0 Å². The van der Waals surface area contributed by atoms with Crippen LogP contribution in [-0.2, 0) is 6.61 Å². The van der Waals surface area contributed by atoms with Crippen molar-refractivity contribution in [2.24, 2.45) is 0 Å². The quantitative estimate of drug-likeness (QED) is 0.832. The number of ether oxygens (including phenoxy) is 1. The molecule has 1 N–H and O–H groups in total. The van der Waals surface area contributed by atoms with Gasteiger partial charge in [-0.25, -0.2) is 9.37 Å². The van der Waals surface area contributed by atoms with Crippen molar-refractivity contribution >= 4 is 11.8 Å². The van der Waals surface area contributed by atoms with Gasteiger partial charge in [0.15, 0.2) is 17.4 Å². The van der Waals surface area contributed by atoms with Gasteiger partial charge in [0.2, 0.25) is 5.16 Å². The molecule has 1 heterocycles. The fraction of sp³-hybridized carbons (Fsp3) is 0.273. The van der Waals surface area contributed by atoms with E-state index >= 15 is 0 Å². The Bertz CT molecular complexity index is 489. The Kier molecular flexibility index (Phi) is 3.98. The number of aromatic nitrogens is 3. The molecule has 0 saturated carbocycles. The van der Waals surface area contributed by atoms with Gasteiger partial charge in [-0.15, -0.1) is 5.10 Å². The Morgan fingerprint density at radius 3 is 3.00 bits per heavy atom. The first kappa shape index (κ1) is 11.9. The van der Waals surface area contributed by atoms with Gasteiger partial charge in [-0.3, -0.25) is 5.10 Å². The van der Waals surface area contributed by atoms with Crippen LogP contribution in [-0.4, -0.2) is 20.9 Å². The highest BCUT2D eigenvalue weighted by Gasteiger charge is 2.05. The summed E-state index contributed by atoms with van der Waals surface area (Å²) >= 11 is 1.54. The molecule has 0 unspecified atom stereocenters. The largest absolute Gasteiger partial charge is 0.483 e. The smallest absolute Gasteiger partial charge is 0.208 e. The third kappa shape index (κ3) is 3.20. The van der Waals surface area contributed by atoms with Crippen molar-refractivity contribution < 1.29 is 9.13 Å². The van der Waals surface area contributed by atoms with Crippen molar-refractivity contribution in [1.29, 1.82) is 0 Å². The second-order valence-corrected chi connectivity index (χ2v) is 4.45. The van der Waals surface area contributed by atoms with Crippen LogP contribution in [0, 0.1) is 5.82 Å². The molecule has 4 nitrogen and oxygen atoms in total. The van der Waals surface area contributed by atoms with E-state index in [1.165, 1.54) is 17.8 Å². The molecule has 0 bridgehead atoms. The maximum Gasteiger partial charge on any atom is 0.208 e. The summed E-state index contributed by atoms with van der Waals surface area (Å²) in [6.07, 6.45) is 0. The molecule has 0 aliphatic rings. The molecule has 90 valence electrons. The number of hydrogen-bond acceptors (Lipinski definition) is 4. The first-order chi connectivity index (χ1) is 8.29. The molecular formula is C11H12FN3OS. The molecule has 0 spiro atoms. The van der Waals surface area contributed by atoms with E-state index in [2.05, 4.69) is 15.2 Å². The zero-order valence-corrected chi connectivity index (χ0v) is 10.1. The maximum absolute atomic E-state index is 13.2. The van der Waals surface area contributed by atoms with Crippen LogP contribution in [0.1, 0.15) is 12.7 Å². The number of thioether (sulfide) groups is 1. The molecule has 0 amide bonds. The molecule has 1 aromatic heterocycles. The second-order valence-electron chi connectivity index (χ2n) is 3.22. The van der Waals surface area contributed by atoms with E-state index < -0.39 is 0 Å². The first-order valence-corrected chi connectivity index (χ1v) is 6.19. The lowest BCUT2D eigenvalue weighted by molar-refractivity contribution is 0.281. The lowest BCUT2D eigenvalue weighted by Gasteiger charge is -2.03. The zero-order chi connectivity index (χ0) is 12.1. The van der Waals surface area contributed by atoms with Crippen LogP contribution in [0.15, 0.2) is 29.4 Å². The van der Waals surface area contributed by atoms with Gasteiger partial charge in [0.25, 0.3) is 0 Å². The van der Waals surface area contributed by atoms with Crippen LogP contribution in [0.25, 0.3) is 0 Å². The summed E-state index contributed by atoms with van der Waals surface area (Å²) in [4.78, 5) is 4.19. The molecule has 1 aromatic carbocycles. The predicted molar refractivity (Wildman–Crippen MR) is 63.5 cm³/mol. The minimum Gasteiger partial charge on any atom is -0.483 e. The summed E-state index contributed by atoms with van der Waals surface area (Å²) in [6, 6.07) is 6.27. The van der Waals surface area contributed by atoms with Crippen molar-refractivity contribution in [3.63, 3.8) is 0 Å². The van der Waals surface area contributed by atoms with Crippen molar-refractivity contribution in [2.75, 3.05) is 5.75 Å². The third-order valence-electron chi connectivity index (χ3n) is 1.99. The van der Waals surface area contributed by atoms with Crippen molar-refractivity contribution in [1.82, 2.24) is 15.2 Å². The van der Waals surface area contributed by atoms with Crippen LogP contribution in [0.2, 0.25) is 0 Å². The molecule has 0 atom stereocenters. The summed E-state index contributed by atoms with van der Waals surface area (Å²) in [5.74, 6) is 1.33. The van der Waals surface area contributed by atoms with Gasteiger partial charge in [-0.05, 0) is 17.9 Å². The van der Waals surface area contributed by atoms with Crippen LogP contribution in [0.5, 0.6) is 5.75 Å². The van der Waals surface area contributed by atoms with Crippen LogP contribution < -0.4 is 4.74 Å². The molecular weight excluding hydrogens is 241 g/mol. The Morgan fingerprint density at radius 2 is 2.24 bits per heavy atom. The summed E-state index contributed by atoms with van der Waals surface area (Å²) in [5.41, 5.74) is 0. The monoisotopic (exact) mass is 253 g/mol. The van der Waals surface area contributed by atoms with Gasteiger partial charge >= 0.3 is 0 Å². The minimum atomic E-state index is -0.379. The highest BCUT2D eigenvalue weighted by atomic mass is 32.2. The van der Waals surface area contributed by atoms with Crippen molar-refractivity contribution in [3.8, 4) is 5.75 Å². The normalized spacial score (nSPS) is 10.5. The molecule has 0 radical (unpaired) electrons. The molecule has 0 fully saturated rings. The Balaban J connectivity index is 1.95. The second kappa shape index (κ2) is 5.67. The summed E-state index contributed by atoms with van der Waals surface area (Å²) in [5, 5.41) is 7.42. The number of H-pyrrole nitrogens is 1. The fourth-order valence-corrected chi connectivity index (χ4v) is 1.79. The van der Waals surface area contributed by atoms with Gasteiger partial charge in [-0.1, -0.05) is 30.8 Å². The molecule has 17 heavy (non-hydrogen) atoms. The molecule has 2 aromatic rings. The first-order valence-electron chi connectivity index (χ1n) is 5.21. The molecule has 0 aliphatic heterocycles. The van der Waals surface area contributed by atoms with E-state index in [-0.39, 0.29) is 18.2 Å². The average molecular weight is 253 g/mol. The number of benzene rings is 1. The maximum atomic E-state index is 13.2. The van der Waals surface area contributed by atoms with Gasteiger partial charge in [0.1, 0.15) is 6.61 Å². The lowest BCUT2D eigenvalue weighted by atomic mass is 10.3. The van der Waals surface area contributed by atoms with E-state index in [0.717, 1.165) is 5.75 Å². The summed E-state index contributed by atoms with van der Waals surface area (Å²) in [7, 11) is 0. The SMILES string of the molecule is CCSc1n[nH]c(COc2ccccc2F)n1. The van der Waals surface area contributed by atoms with E-state index in [4.69, 9.17) is 4.74 Å². The molecule has 2 rings (SSSR count). The van der Waals surface area contributed by atoms with E-state index in [1.54, 1.807) is 18.2 Å². The predicted octanol–water partition coefficient (Wildman–Crippen LogP) is 2.63. The fourth-order valence-electron chi connectivity index (χ4n) is 1.24. The number of halogens is 1. The standard InChI is InChI=1S/C11H12FN3OS/c1-2-17-11-13-10(14-15-11)7-16-9-6-4-3-5-8(9)12/h3-6H,2,7H2,1H3,(H,13,14,15). The van der Waals surface area contributed by atoms with Crippen LogP contribution in [0.3, 0.4) is 0 Å². The Hall–Kier alpha value is -1.56. The number of para-hydroxylation sites is 1. The lowest BCUT2D eigenvalue weighted by Crippen LogP contribution is -1.99.